The maximum absolute atomic E-state index is 5.63. The van der Waals surface area contributed by atoms with Crippen molar-refractivity contribution >= 4 is 53.4 Å². The van der Waals surface area contributed by atoms with E-state index >= 15 is 0 Å². The van der Waals surface area contributed by atoms with Crippen LogP contribution < -0.4 is 19.5 Å². The molecule has 0 saturated carbocycles. The molecule has 0 saturated heterocycles. The summed E-state index contributed by atoms with van der Waals surface area (Å²) in [5.41, 5.74) is 1.74. The highest BCUT2D eigenvalue weighted by molar-refractivity contribution is 7.24. The third-order valence-electron chi connectivity index (χ3n) is 3.87. The van der Waals surface area contributed by atoms with Crippen molar-refractivity contribution in [1.82, 2.24) is 9.97 Å². The Morgan fingerprint density at radius 1 is 1.00 bits per heavy atom. The van der Waals surface area contributed by atoms with Gasteiger partial charge < -0.3 is 19.5 Å². The number of ether oxygens (including phenoxy) is 3. The van der Waals surface area contributed by atoms with Crippen molar-refractivity contribution in [3.8, 4) is 17.2 Å². The number of hydrogen-bond acceptors (Lipinski definition) is 8. The first kappa shape index (κ1) is 14.7. The quantitative estimate of drug-likeness (QED) is 0.575. The topological polar surface area (TPSA) is 65.5 Å². The van der Waals surface area contributed by atoms with Crippen LogP contribution in [-0.2, 0) is 0 Å². The van der Waals surface area contributed by atoms with Crippen molar-refractivity contribution in [3.63, 3.8) is 0 Å². The summed E-state index contributed by atoms with van der Waals surface area (Å²) in [4.78, 5) is 9.26. The molecule has 126 valence electrons. The molecule has 0 radical (unpaired) electrons. The van der Waals surface area contributed by atoms with Crippen LogP contribution in [0.5, 0.6) is 17.2 Å². The lowest BCUT2D eigenvalue weighted by Crippen LogP contribution is -2.15. The summed E-state index contributed by atoms with van der Waals surface area (Å²) in [6, 6.07) is 9.81. The lowest BCUT2D eigenvalue weighted by Gasteiger charge is -2.17. The van der Waals surface area contributed by atoms with Gasteiger partial charge in [-0.25, -0.2) is 9.97 Å². The van der Waals surface area contributed by atoms with E-state index in [2.05, 4.69) is 15.3 Å². The average Bonchev–Trinajstić information content (AvgIpc) is 3.21. The normalized spacial score (nSPS) is 13.3. The number of nitrogens with zero attached hydrogens (tertiary/aromatic N) is 2. The van der Waals surface area contributed by atoms with E-state index in [1.165, 1.54) is 0 Å². The summed E-state index contributed by atoms with van der Waals surface area (Å²) in [7, 11) is 1.65. The lowest BCUT2D eigenvalue weighted by atomic mass is 10.3. The molecule has 1 aliphatic heterocycles. The fourth-order valence-corrected chi connectivity index (χ4v) is 4.57. The van der Waals surface area contributed by atoms with Crippen LogP contribution in [-0.4, -0.2) is 30.3 Å². The number of rotatable bonds is 3. The molecule has 0 atom stereocenters. The van der Waals surface area contributed by atoms with Gasteiger partial charge in [0.25, 0.3) is 0 Å². The van der Waals surface area contributed by atoms with E-state index in [9.17, 15) is 0 Å². The molecule has 8 heteroatoms. The summed E-state index contributed by atoms with van der Waals surface area (Å²) >= 11 is 3.13. The van der Waals surface area contributed by atoms with E-state index in [1.807, 2.05) is 30.3 Å². The molecule has 3 heterocycles. The summed E-state index contributed by atoms with van der Waals surface area (Å²) in [5, 5.41) is 4.88. The van der Waals surface area contributed by atoms with Crippen LogP contribution >= 0.6 is 22.7 Å². The largest absolute Gasteiger partial charge is 0.494 e. The lowest BCUT2D eigenvalue weighted by molar-refractivity contribution is 0.172. The van der Waals surface area contributed by atoms with Crippen molar-refractivity contribution in [2.45, 2.75) is 0 Å². The monoisotopic (exact) mass is 371 g/mol. The Hall–Kier alpha value is -2.58. The molecule has 0 spiro atoms. The third kappa shape index (κ3) is 2.54. The molecule has 0 unspecified atom stereocenters. The first-order valence-corrected chi connectivity index (χ1v) is 9.34. The highest BCUT2D eigenvalue weighted by Gasteiger charge is 2.16. The minimum atomic E-state index is 0.571. The summed E-state index contributed by atoms with van der Waals surface area (Å²) < 4.78 is 18.7. The molecule has 5 rings (SSSR count). The average molecular weight is 371 g/mol. The summed E-state index contributed by atoms with van der Waals surface area (Å²) in [5.74, 6) is 2.30. The standard InChI is InChI=1S/C17H13N3O3S2/c1-21-10-3-2-4-13-15(10)19-17(24-13)20-16-18-9-7-11-12(8-14(9)25-16)23-6-5-22-11/h2-4,7-8H,5-6H2,1H3,(H,18,19,20). The molecule has 2 aromatic heterocycles. The molecule has 0 bridgehead atoms. The van der Waals surface area contributed by atoms with Crippen molar-refractivity contribution < 1.29 is 14.2 Å². The van der Waals surface area contributed by atoms with Crippen molar-refractivity contribution in [3.05, 3.63) is 30.3 Å². The predicted octanol–water partition coefficient (Wildman–Crippen LogP) is 4.43. The molecule has 25 heavy (non-hydrogen) atoms. The number of aromatic nitrogens is 2. The second-order valence-electron chi connectivity index (χ2n) is 5.43. The number of hydrogen-bond donors (Lipinski definition) is 1. The smallest absolute Gasteiger partial charge is 0.190 e. The van der Waals surface area contributed by atoms with Gasteiger partial charge in [0.2, 0.25) is 0 Å². The van der Waals surface area contributed by atoms with E-state index < -0.39 is 0 Å². The summed E-state index contributed by atoms with van der Waals surface area (Å²) in [6.45, 7) is 1.15. The fourth-order valence-electron chi connectivity index (χ4n) is 2.75. The van der Waals surface area contributed by atoms with Gasteiger partial charge in [-0.1, -0.05) is 28.7 Å². The Labute approximate surface area is 151 Å². The van der Waals surface area contributed by atoms with Gasteiger partial charge in [0.05, 0.1) is 22.0 Å². The molecule has 2 aromatic carbocycles. The van der Waals surface area contributed by atoms with E-state index in [0.717, 1.165) is 47.9 Å². The number of anilines is 2. The molecule has 0 amide bonds. The second kappa shape index (κ2) is 5.75. The van der Waals surface area contributed by atoms with Gasteiger partial charge in [-0.15, -0.1) is 0 Å². The SMILES string of the molecule is COc1cccc2sc(Nc3nc4cc5c(cc4s3)OCCO5)nc12. The Kier molecular flexibility index (Phi) is 3.39. The van der Waals surface area contributed by atoms with Crippen LogP contribution in [0.4, 0.5) is 10.3 Å². The molecule has 4 aromatic rings. The van der Waals surface area contributed by atoms with Gasteiger partial charge >= 0.3 is 0 Å². The number of nitrogens with one attached hydrogen (secondary N) is 1. The van der Waals surface area contributed by atoms with Gasteiger partial charge in [0, 0.05) is 12.1 Å². The highest BCUT2D eigenvalue weighted by Crippen LogP contribution is 2.39. The number of para-hydroxylation sites is 1. The van der Waals surface area contributed by atoms with Crippen LogP contribution in [0.3, 0.4) is 0 Å². The van der Waals surface area contributed by atoms with E-state index in [-0.39, 0.29) is 0 Å². The number of thiazole rings is 2. The Morgan fingerprint density at radius 3 is 2.60 bits per heavy atom. The maximum Gasteiger partial charge on any atom is 0.190 e. The minimum Gasteiger partial charge on any atom is -0.494 e. The van der Waals surface area contributed by atoms with E-state index in [4.69, 9.17) is 14.2 Å². The van der Waals surface area contributed by atoms with E-state index in [0.29, 0.717) is 13.2 Å². The van der Waals surface area contributed by atoms with Crippen LogP contribution in [0.1, 0.15) is 0 Å². The fraction of sp³-hybridized carbons (Fsp3) is 0.176. The minimum absolute atomic E-state index is 0.571. The van der Waals surface area contributed by atoms with Gasteiger partial charge in [0.1, 0.15) is 24.5 Å². The molecular formula is C17H13N3O3S2. The zero-order valence-corrected chi connectivity index (χ0v) is 14.9. The number of benzene rings is 2. The highest BCUT2D eigenvalue weighted by atomic mass is 32.1. The molecule has 0 fully saturated rings. The van der Waals surface area contributed by atoms with Crippen molar-refractivity contribution in [2.24, 2.45) is 0 Å². The Bertz CT molecular complexity index is 1050. The van der Waals surface area contributed by atoms with Crippen LogP contribution in [0, 0.1) is 0 Å². The van der Waals surface area contributed by atoms with Gasteiger partial charge in [-0.3, -0.25) is 0 Å². The molecule has 0 aliphatic carbocycles. The Morgan fingerprint density at radius 2 is 1.76 bits per heavy atom. The molecule has 1 N–H and O–H groups in total. The van der Waals surface area contributed by atoms with Crippen LogP contribution in [0.2, 0.25) is 0 Å². The molecule has 1 aliphatic rings. The van der Waals surface area contributed by atoms with Gasteiger partial charge in [-0.05, 0) is 12.1 Å². The number of methoxy groups -OCH3 is 1. The Balaban J connectivity index is 1.51. The number of fused-ring (bicyclic) bond motifs is 3. The summed E-state index contributed by atoms with van der Waals surface area (Å²) in [6.07, 6.45) is 0. The zero-order chi connectivity index (χ0) is 16.8. The van der Waals surface area contributed by atoms with E-state index in [1.54, 1.807) is 29.8 Å². The van der Waals surface area contributed by atoms with Crippen LogP contribution in [0.15, 0.2) is 30.3 Å². The predicted molar refractivity (Wildman–Crippen MR) is 100 cm³/mol. The third-order valence-corrected chi connectivity index (χ3v) is 5.74. The maximum atomic E-state index is 5.63. The molecule has 6 nitrogen and oxygen atoms in total. The van der Waals surface area contributed by atoms with Crippen molar-refractivity contribution in [1.29, 1.82) is 0 Å². The molecular weight excluding hydrogens is 358 g/mol. The van der Waals surface area contributed by atoms with Gasteiger partial charge in [0.15, 0.2) is 21.8 Å². The first-order valence-electron chi connectivity index (χ1n) is 7.71. The second-order valence-corrected chi connectivity index (χ2v) is 7.49. The van der Waals surface area contributed by atoms with Crippen molar-refractivity contribution in [2.75, 3.05) is 25.6 Å². The first-order chi connectivity index (χ1) is 12.3. The zero-order valence-electron chi connectivity index (χ0n) is 13.2. The van der Waals surface area contributed by atoms with Crippen LogP contribution in [0.25, 0.3) is 20.4 Å². The van der Waals surface area contributed by atoms with Gasteiger partial charge in [-0.2, -0.15) is 0 Å².